The monoisotopic (exact) mass is 414 g/mol. The Bertz CT molecular complexity index is 887. The highest BCUT2D eigenvalue weighted by Gasteiger charge is 2.35. The number of nitrogens with one attached hydrogen (secondary N) is 1. The van der Waals surface area contributed by atoms with Gasteiger partial charge in [-0.15, -0.1) is 0 Å². The molecule has 3 rings (SSSR count). The lowest BCUT2D eigenvalue weighted by Crippen LogP contribution is -2.32. The van der Waals surface area contributed by atoms with Crippen LogP contribution in [-0.2, 0) is 25.7 Å². The SMILES string of the molecule is C[C@@H](NC(=O)COC(=O)[C@H]1CC(=O)N(Cc2ccccc2Cl)C1)c1ccccc1. The molecule has 7 heteroatoms. The van der Waals surface area contributed by atoms with Gasteiger partial charge in [0.1, 0.15) is 0 Å². The molecule has 1 fully saturated rings. The Hall–Kier alpha value is -2.86. The molecule has 1 N–H and O–H groups in total. The second-order valence-corrected chi connectivity index (χ2v) is 7.48. The van der Waals surface area contributed by atoms with E-state index in [0.717, 1.165) is 11.1 Å². The van der Waals surface area contributed by atoms with E-state index in [1.807, 2.05) is 55.5 Å². The first-order valence-electron chi connectivity index (χ1n) is 9.46. The second-order valence-electron chi connectivity index (χ2n) is 7.07. The Morgan fingerprint density at radius 3 is 2.59 bits per heavy atom. The van der Waals surface area contributed by atoms with Crippen molar-refractivity contribution in [3.8, 4) is 0 Å². The number of carbonyl (C=O) groups excluding carboxylic acids is 3. The number of hydrogen-bond acceptors (Lipinski definition) is 4. The van der Waals surface area contributed by atoms with Gasteiger partial charge < -0.3 is 15.0 Å². The summed E-state index contributed by atoms with van der Waals surface area (Å²) >= 11 is 6.15. The Morgan fingerprint density at radius 2 is 1.86 bits per heavy atom. The van der Waals surface area contributed by atoms with Gasteiger partial charge in [0.15, 0.2) is 6.61 Å². The van der Waals surface area contributed by atoms with Crippen LogP contribution in [0.4, 0.5) is 0 Å². The molecule has 0 aromatic heterocycles. The molecule has 2 amide bonds. The molecule has 0 radical (unpaired) electrons. The molecule has 0 saturated carbocycles. The molecule has 152 valence electrons. The molecule has 6 nitrogen and oxygen atoms in total. The molecule has 0 aliphatic carbocycles. The molecule has 29 heavy (non-hydrogen) atoms. The van der Waals surface area contributed by atoms with Crippen LogP contribution in [0.2, 0.25) is 5.02 Å². The average molecular weight is 415 g/mol. The number of carbonyl (C=O) groups is 3. The molecule has 2 aromatic rings. The van der Waals surface area contributed by atoms with E-state index in [1.165, 1.54) is 0 Å². The zero-order valence-corrected chi connectivity index (χ0v) is 16.9. The van der Waals surface area contributed by atoms with Crippen molar-refractivity contribution in [2.45, 2.75) is 25.9 Å². The van der Waals surface area contributed by atoms with Crippen LogP contribution in [-0.4, -0.2) is 35.8 Å². The maximum Gasteiger partial charge on any atom is 0.311 e. The van der Waals surface area contributed by atoms with Crippen LogP contribution in [0.3, 0.4) is 0 Å². The zero-order valence-electron chi connectivity index (χ0n) is 16.1. The normalized spacial score (nSPS) is 17.1. The van der Waals surface area contributed by atoms with Crippen LogP contribution in [0.25, 0.3) is 0 Å². The van der Waals surface area contributed by atoms with E-state index in [0.29, 0.717) is 11.6 Å². The highest BCUT2D eigenvalue weighted by molar-refractivity contribution is 6.31. The average Bonchev–Trinajstić information content (AvgIpc) is 3.09. The summed E-state index contributed by atoms with van der Waals surface area (Å²) in [6.45, 7) is 2.09. The predicted molar refractivity (Wildman–Crippen MR) is 109 cm³/mol. The molecule has 1 aliphatic rings. The van der Waals surface area contributed by atoms with Gasteiger partial charge in [-0.25, -0.2) is 0 Å². The summed E-state index contributed by atoms with van der Waals surface area (Å²) in [5, 5.41) is 3.37. The lowest BCUT2D eigenvalue weighted by Gasteiger charge is -2.17. The van der Waals surface area contributed by atoms with Gasteiger partial charge >= 0.3 is 5.97 Å². The lowest BCUT2D eigenvalue weighted by molar-refractivity contribution is -0.152. The van der Waals surface area contributed by atoms with Crippen molar-refractivity contribution in [1.29, 1.82) is 0 Å². The maximum atomic E-state index is 12.3. The molecular formula is C22H23ClN2O4. The third-order valence-electron chi connectivity index (χ3n) is 4.89. The van der Waals surface area contributed by atoms with Crippen molar-refractivity contribution in [2.75, 3.05) is 13.2 Å². The van der Waals surface area contributed by atoms with Crippen LogP contribution >= 0.6 is 11.6 Å². The van der Waals surface area contributed by atoms with Gasteiger partial charge in [0.05, 0.1) is 12.0 Å². The van der Waals surface area contributed by atoms with E-state index < -0.39 is 11.9 Å². The number of amides is 2. The van der Waals surface area contributed by atoms with Crippen LogP contribution in [0.1, 0.15) is 30.5 Å². The largest absolute Gasteiger partial charge is 0.455 e. The summed E-state index contributed by atoms with van der Waals surface area (Å²) < 4.78 is 5.14. The van der Waals surface area contributed by atoms with Gasteiger partial charge in [0.25, 0.3) is 5.91 Å². The summed E-state index contributed by atoms with van der Waals surface area (Å²) in [4.78, 5) is 38.2. The number of benzene rings is 2. The topological polar surface area (TPSA) is 75.7 Å². The number of hydrogen-bond donors (Lipinski definition) is 1. The van der Waals surface area contributed by atoms with Crippen LogP contribution in [0, 0.1) is 5.92 Å². The highest BCUT2D eigenvalue weighted by atomic mass is 35.5. The number of halogens is 1. The van der Waals surface area contributed by atoms with Crippen molar-refractivity contribution in [3.05, 3.63) is 70.7 Å². The first-order valence-corrected chi connectivity index (χ1v) is 9.84. The van der Waals surface area contributed by atoms with E-state index in [2.05, 4.69) is 5.32 Å². The van der Waals surface area contributed by atoms with E-state index in [9.17, 15) is 14.4 Å². The molecule has 2 aromatic carbocycles. The van der Waals surface area contributed by atoms with Gasteiger partial charge in [-0.1, -0.05) is 60.1 Å². The minimum absolute atomic E-state index is 0.0747. The van der Waals surface area contributed by atoms with Gasteiger partial charge in [-0.05, 0) is 24.1 Å². The number of nitrogens with zero attached hydrogens (tertiary/aromatic N) is 1. The van der Waals surface area contributed by atoms with Gasteiger partial charge in [0.2, 0.25) is 5.91 Å². The Labute approximate surface area is 174 Å². The van der Waals surface area contributed by atoms with Crippen molar-refractivity contribution in [3.63, 3.8) is 0 Å². The van der Waals surface area contributed by atoms with Crippen molar-refractivity contribution in [2.24, 2.45) is 5.92 Å². The minimum atomic E-state index is -0.579. The minimum Gasteiger partial charge on any atom is -0.455 e. The Kier molecular flexibility index (Phi) is 6.88. The standard InChI is InChI=1S/C22H23ClN2O4/c1-15(16-7-3-2-4-8-16)24-20(26)14-29-22(28)18-11-21(27)25(13-18)12-17-9-5-6-10-19(17)23/h2-10,15,18H,11-14H2,1H3,(H,24,26)/t15-,18+/m1/s1. The van der Waals surface area contributed by atoms with E-state index in [1.54, 1.807) is 11.0 Å². The number of likely N-dealkylation sites (tertiary alicyclic amines) is 1. The summed E-state index contributed by atoms with van der Waals surface area (Å²) in [6, 6.07) is 16.6. The zero-order chi connectivity index (χ0) is 20.8. The van der Waals surface area contributed by atoms with Crippen molar-refractivity contribution >= 4 is 29.4 Å². The molecule has 1 saturated heterocycles. The fourth-order valence-electron chi connectivity index (χ4n) is 3.28. The maximum absolute atomic E-state index is 12.3. The molecule has 2 atom stereocenters. The van der Waals surface area contributed by atoms with Gasteiger partial charge in [-0.2, -0.15) is 0 Å². The molecule has 0 bridgehead atoms. The molecular weight excluding hydrogens is 392 g/mol. The summed E-state index contributed by atoms with van der Waals surface area (Å²) in [6.07, 6.45) is 0.0747. The van der Waals surface area contributed by atoms with Crippen molar-refractivity contribution < 1.29 is 19.1 Å². The van der Waals surface area contributed by atoms with E-state index in [-0.39, 0.29) is 37.4 Å². The summed E-state index contributed by atoms with van der Waals surface area (Å²) in [5.41, 5.74) is 1.79. The summed E-state index contributed by atoms with van der Waals surface area (Å²) in [7, 11) is 0. The van der Waals surface area contributed by atoms with E-state index >= 15 is 0 Å². The Morgan fingerprint density at radius 1 is 1.17 bits per heavy atom. The molecule has 0 spiro atoms. The quantitative estimate of drug-likeness (QED) is 0.706. The van der Waals surface area contributed by atoms with Crippen LogP contribution in [0.15, 0.2) is 54.6 Å². The molecule has 0 unspecified atom stereocenters. The smallest absolute Gasteiger partial charge is 0.311 e. The second kappa shape index (κ2) is 9.56. The van der Waals surface area contributed by atoms with Gasteiger partial charge in [-0.3, -0.25) is 14.4 Å². The van der Waals surface area contributed by atoms with E-state index in [4.69, 9.17) is 16.3 Å². The van der Waals surface area contributed by atoms with Crippen LogP contribution in [0.5, 0.6) is 0 Å². The van der Waals surface area contributed by atoms with Crippen molar-refractivity contribution in [1.82, 2.24) is 10.2 Å². The number of ether oxygens (including phenoxy) is 1. The first kappa shape index (κ1) is 20.9. The third kappa shape index (κ3) is 5.57. The molecule has 1 aliphatic heterocycles. The van der Waals surface area contributed by atoms with Gasteiger partial charge in [0, 0.05) is 24.5 Å². The van der Waals surface area contributed by atoms with Crippen LogP contribution < -0.4 is 5.32 Å². The fraction of sp³-hybridized carbons (Fsp3) is 0.318. The first-order chi connectivity index (χ1) is 13.9. The lowest BCUT2D eigenvalue weighted by atomic mass is 10.1. The number of rotatable bonds is 7. The number of esters is 1. The highest BCUT2D eigenvalue weighted by Crippen LogP contribution is 2.24. The molecule has 1 heterocycles. The Balaban J connectivity index is 1.46. The third-order valence-corrected chi connectivity index (χ3v) is 5.26. The predicted octanol–water partition coefficient (Wildman–Crippen LogP) is 3.11. The summed E-state index contributed by atoms with van der Waals surface area (Å²) in [5.74, 6) is -1.63. The fourth-order valence-corrected chi connectivity index (χ4v) is 3.47.